The number of rotatable bonds is 32. The highest BCUT2D eigenvalue weighted by Gasteiger charge is 2.55. The van der Waals surface area contributed by atoms with Gasteiger partial charge in [0.15, 0.2) is 17.2 Å². The summed E-state index contributed by atoms with van der Waals surface area (Å²) in [7, 11) is -10.4. The zero-order chi connectivity index (χ0) is 70.4. The molecule has 10 N–H and O–H groups in total. The molecule has 7 aliphatic heterocycles. The van der Waals surface area contributed by atoms with E-state index in [1.807, 2.05) is 26.0 Å². The van der Waals surface area contributed by atoms with Crippen molar-refractivity contribution in [3.05, 3.63) is 71.9 Å². The smallest absolute Gasteiger partial charge is 0.397 e. The standard InChI is InChI=1S/C66H103NO27S2/c1-40(16-10-9-14-30-84-56(74)18-12-8-11-17-55(73)67-37-46(68)34-50(70)60(94-96(81,82)83)51(71)39-87-95(78,79)80)38-85-62(76)63(7,77)36-48-21-22-54(72)66(90-48)35-41(2)32-53(91-66)42(3)19-20-47-24-28-65(89-47)29-25-52-61(93-65)57(75)45(6)59(88-52)49(69)33-44(5)58-43(4)23-27-64(92-58)26-13-15-31-86-64/h8-10,12,16,19-20,35,42-44,46-54,57-61,68-72,75,77H,6,11,13-15,17-18,21-34,36-39H2,1-5,7H3,(H,67,73)(H,78,79,80)(H,81,82,83)/b10-9+,12-8+,20-19?,40-16+/t42-,43-,44+,46?,47+,48+,49+,50?,51?,52-,53+,54-,57-,58+,59+,60?,61-,63-,64+,65-,66-/m1/s1. The highest BCUT2D eigenvalue weighted by Crippen LogP contribution is 2.48. The fourth-order valence-electron chi connectivity index (χ4n) is 13.7. The Morgan fingerprint density at radius 2 is 1.60 bits per heavy atom. The number of ether oxygens (including phenoxy) is 9. The monoisotopic (exact) mass is 1410 g/mol. The number of carbonyl (C=O) groups excluding carboxylic acids is 3. The van der Waals surface area contributed by atoms with Gasteiger partial charge in [-0.3, -0.25) is 18.7 Å². The largest absolute Gasteiger partial charge is 0.465 e. The number of allylic oxidation sites excluding steroid dienone is 3. The molecule has 0 aliphatic carbocycles. The van der Waals surface area contributed by atoms with E-state index in [-0.39, 0.29) is 69.4 Å². The Morgan fingerprint density at radius 3 is 2.32 bits per heavy atom. The van der Waals surface area contributed by atoms with Crippen LogP contribution in [0.3, 0.4) is 0 Å². The van der Waals surface area contributed by atoms with Gasteiger partial charge in [-0.15, -0.1) is 0 Å². The topological polar surface area (TPSA) is 415 Å². The molecule has 0 aromatic rings. The second-order valence-corrected chi connectivity index (χ2v) is 29.5. The third-order valence-corrected chi connectivity index (χ3v) is 19.8. The highest BCUT2D eigenvalue weighted by molar-refractivity contribution is 7.81. The van der Waals surface area contributed by atoms with Gasteiger partial charge in [-0.05, 0) is 120 Å². The van der Waals surface area contributed by atoms with Gasteiger partial charge in [0.25, 0.3) is 0 Å². The van der Waals surface area contributed by atoms with Crippen molar-refractivity contribution in [3.63, 3.8) is 0 Å². The third kappa shape index (κ3) is 23.3. The number of hydrogen-bond donors (Lipinski definition) is 10. The van der Waals surface area contributed by atoms with E-state index in [0.29, 0.717) is 75.0 Å². The van der Waals surface area contributed by atoms with Crippen LogP contribution in [0.2, 0.25) is 0 Å². The molecule has 546 valence electrons. The summed E-state index contributed by atoms with van der Waals surface area (Å²) in [5, 5.41) is 79.1. The van der Waals surface area contributed by atoms with Crippen LogP contribution < -0.4 is 5.32 Å². The minimum atomic E-state index is -5.30. The SMILES string of the molecule is C=C1[C@@H](O)[C@@H]2O[C@]3(CC[C@H](C=C[C@@H](C)[C@@H]4CC(C)=C[C@@]5(O[C@H](C[C@@](C)(O)C(=O)OC/C(C)=C/C=C/CCOC(=O)C/C=C/CCC(=O)NCC(O)CC(O)C(OS(=O)(=O)O)C(O)COS(=O)(=O)O)CC[C@H]5O)O4)O3)CC[C@H]2O[C@@H]1[C@@H](O)C[C@H](C)[C@H]1O[C@@]2(CCCCO2)CC[C@H]1C. The molecule has 7 rings (SSSR count). The molecular weight excluding hydrogens is 1300 g/mol. The summed E-state index contributed by atoms with van der Waals surface area (Å²) in [6.45, 7) is 14.5. The molecule has 0 aromatic heterocycles. The lowest BCUT2D eigenvalue weighted by molar-refractivity contribution is -0.321. The first-order valence-electron chi connectivity index (χ1n) is 33.5. The van der Waals surface area contributed by atoms with Gasteiger partial charge >= 0.3 is 32.7 Å². The number of amides is 1. The quantitative estimate of drug-likeness (QED) is 0.0146. The molecule has 96 heavy (non-hydrogen) atoms. The summed E-state index contributed by atoms with van der Waals surface area (Å²) < 4.78 is 126. The van der Waals surface area contributed by atoms with Crippen LogP contribution in [0.15, 0.2) is 71.9 Å². The molecule has 0 radical (unpaired) electrons. The van der Waals surface area contributed by atoms with Gasteiger partial charge in [0.1, 0.15) is 43.2 Å². The fraction of sp³-hybridized carbons (Fsp3) is 0.773. The molecule has 4 unspecified atom stereocenters. The fourth-order valence-corrected chi connectivity index (χ4v) is 14.5. The number of carbonyl (C=O) groups is 3. The van der Waals surface area contributed by atoms with E-state index in [2.05, 4.69) is 34.1 Å². The number of aliphatic hydroxyl groups excluding tert-OH is 6. The first kappa shape index (κ1) is 79.4. The average Bonchev–Trinajstić information content (AvgIpc) is 1.28. The lowest BCUT2D eigenvalue weighted by Crippen LogP contribution is -2.60. The Kier molecular flexibility index (Phi) is 29.0. The maximum Gasteiger partial charge on any atom is 0.397 e. The van der Waals surface area contributed by atoms with Crippen LogP contribution in [0, 0.1) is 17.8 Å². The van der Waals surface area contributed by atoms with Crippen molar-refractivity contribution in [2.45, 2.75) is 272 Å². The van der Waals surface area contributed by atoms with E-state index < -0.39 is 154 Å². The van der Waals surface area contributed by atoms with E-state index in [0.717, 1.165) is 37.7 Å². The lowest BCUT2D eigenvalue weighted by Gasteiger charge is -2.50. The molecule has 28 nitrogen and oxygen atoms in total. The normalized spacial score (nSPS) is 33.7. The molecule has 0 bridgehead atoms. The Hall–Kier alpha value is -3.97. The Morgan fingerprint density at radius 1 is 0.865 bits per heavy atom. The maximum absolute atomic E-state index is 13.3. The van der Waals surface area contributed by atoms with Gasteiger partial charge < -0.3 is 83.7 Å². The zero-order valence-electron chi connectivity index (χ0n) is 55.8. The van der Waals surface area contributed by atoms with Crippen LogP contribution in [0.5, 0.6) is 0 Å². The van der Waals surface area contributed by atoms with Crippen LogP contribution in [0.25, 0.3) is 0 Å². The number of hydrogen-bond acceptors (Lipinski definition) is 25. The molecule has 6 saturated heterocycles. The molecule has 6 fully saturated rings. The molecule has 7 heterocycles. The van der Waals surface area contributed by atoms with Crippen LogP contribution in [-0.4, -0.2) is 221 Å². The predicted molar refractivity (Wildman–Crippen MR) is 342 cm³/mol. The van der Waals surface area contributed by atoms with Gasteiger partial charge in [0.2, 0.25) is 11.7 Å². The summed E-state index contributed by atoms with van der Waals surface area (Å²) in [6.07, 6.45) is 7.99. The second kappa shape index (κ2) is 35.1. The van der Waals surface area contributed by atoms with Crippen LogP contribution in [0.4, 0.5) is 0 Å². The summed E-state index contributed by atoms with van der Waals surface area (Å²) in [4.78, 5) is 37.8. The molecule has 1 amide bonds. The number of nitrogens with one attached hydrogen (secondary N) is 1. The average molecular weight is 1410 g/mol. The maximum atomic E-state index is 13.3. The summed E-state index contributed by atoms with van der Waals surface area (Å²) >= 11 is 0. The van der Waals surface area contributed by atoms with Gasteiger partial charge in [-0.2, -0.15) is 16.8 Å². The van der Waals surface area contributed by atoms with Crippen LogP contribution in [-0.2, 0) is 86.2 Å². The molecule has 7 aliphatic rings. The summed E-state index contributed by atoms with van der Waals surface area (Å²) in [5.74, 6) is -4.77. The Balaban J connectivity index is 0.770. The van der Waals surface area contributed by atoms with Crippen molar-refractivity contribution in [2.75, 3.05) is 33.0 Å². The first-order valence-corrected chi connectivity index (χ1v) is 36.2. The summed E-state index contributed by atoms with van der Waals surface area (Å²) in [6, 6.07) is 0. The van der Waals surface area contributed by atoms with E-state index >= 15 is 0 Å². The minimum absolute atomic E-state index is 0.0130. The van der Waals surface area contributed by atoms with Gasteiger partial charge in [-0.1, -0.05) is 75.5 Å². The van der Waals surface area contributed by atoms with Crippen LogP contribution in [0.1, 0.15) is 164 Å². The molecule has 3 spiro atoms. The lowest BCUT2D eigenvalue weighted by atomic mass is 9.79. The van der Waals surface area contributed by atoms with Crippen molar-refractivity contribution >= 4 is 38.6 Å². The Labute approximate surface area is 563 Å². The molecular formula is C66H103NO27S2. The van der Waals surface area contributed by atoms with Crippen molar-refractivity contribution < 1.29 is 127 Å². The van der Waals surface area contributed by atoms with E-state index in [1.165, 1.54) is 13.0 Å². The summed E-state index contributed by atoms with van der Waals surface area (Å²) in [5.41, 5.74) is 0.0337. The van der Waals surface area contributed by atoms with E-state index in [1.54, 1.807) is 37.3 Å². The third-order valence-electron chi connectivity index (χ3n) is 18.9. The van der Waals surface area contributed by atoms with E-state index in [9.17, 15) is 67.0 Å². The van der Waals surface area contributed by atoms with Crippen LogP contribution >= 0.6 is 0 Å². The predicted octanol–water partition coefficient (Wildman–Crippen LogP) is 4.43. The minimum Gasteiger partial charge on any atom is -0.465 e. The second-order valence-electron chi connectivity index (χ2n) is 27.3. The number of fused-ring (bicyclic) bond motifs is 1. The van der Waals surface area contributed by atoms with Gasteiger partial charge in [0.05, 0.1) is 75.1 Å². The molecule has 21 atom stereocenters. The van der Waals surface area contributed by atoms with Crippen molar-refractivity contribution in [1.29, 1.82) is 0 Å². The van der Waals surface area contributed by atoms with E-state index in [4.69, 9.17) is 51.7 Å². The number of aliphatic hydroxyl groups is 7. The molecule has 0 saturated carbocycles. The van der Waals surface area contributed by atoms with Crippen molar-refractivity contribution in [2.24, 2.45) is 17.8 Å². The van der Waals surface area contributed by atoms with Gasteiger partial charge in [0, 0.05) is 57.4 Å². The van der Waals surface area contributed by atoms with Crippen molar-refractivity contribution in [3.8, 4) is 0 Å². The highest BCUT2D eigenvalue weighted by atomic mass is 32.3. The van der Waals surface area contributed by atoms with Crippen molar-refractivity contribution in [1.82, 2.24) is 5.32 Å². The Bertz CT molecular complexity index is 2980. The zero-order valence-corrected chi connectivity index (χ0v) is 57.4. The van der Waals surface area contributed by atoms with Gasteiger partial charge in [-0.25, -0.2) is 13.2 Å². The first-order chi connectivity index (χ1) is 45.1. The molecule has 30 heteroatoms. The number of esters is 2. The molecule has 0 aromatic carbocycles.